The maximum absolute atomic E-state index is 12.7. The molecule has 1 aromatic carbocycles. The number of carbonyl (C=O) groups excluding carboxylic acids is 1. The second kappa shape index (κ2) is 6.36. The molecule has 1 amide bonds. The quantitative estimate of drug-likeness (QED) is 0.873. The van der Waals surface area contributed by atoms with Crippen molar-refractivity contribution in [3.63, 3.8) is 0 Å². The van der Waals surface area contributed by atoms with Gasteiger partial charge in [0.05, 0.1) is 12.7 Å². The summed E-state index contributed by atoms with van der Waals surface area (Å²) in [6.45, 7) is 6.28. The van der Waals surface area contributed by atoms with E-state index in [2.05, 4.69) is 31.9 Å². The lowest BCUT2D eigenvalue weighted by Gasteiger charge is -2.35. The van der Waals surface area contributed by atoms with E-state index in [9.17, 15) is 4.79 Å². The van der Waals surface area contributed by atoms with Crippen molar-refractivity contribution in [2.45, 2.75) is 39.2 Å². The number of likely N-dealkylation sites (N-methyl/N-ethyl adjacent to an activating group) is 1. The minimum Gasteiger partial charge on any atom is -0.464 e. The highest BCUT2D eigenvalue weighted by Crippen LogP contribution is 2.27. The molecule has 1 aliphatic rings. The van der Waals surface area contributed by atoms with Gasteiger partial charge in [0.2, 0.25) is 5.91 Å². The van der Waals surface area contributed by atoms with Gasteiger partial charge in [-0.05, 0) is 64.0 Å². The molecule has 0 N–H and O–H groups in total. The molecule has 0 unspecified atom stereocenters. The third-order valence-corrected chi connectivity index (χ3v) is 5.06. The normalized spacial score (nSPS) is 16.9. The molecule has 1 aliphatic heterocycles. The zero-order valence-electron chi connectivity index (χ0n) is 14.6. The first-order chi connectivity index (χ1) is 11.0. The van der Waals surface area contributed by atoms with E-state index in [1.54, 1.807) is 6.26 Å². The Morgan fingerprint density at radius 1 is 1.30 bits per heavy atom. The smallest absolute Gasteiger partial charge is 0.227 e. The van der Waals surface area contributed by atoms with E-state index < -0.39 is 0 Å². The Morgan fingerprint density at radius 3 is 2.70 bits per heavy atom. The van der Waals surface area contributed by atoms with Gasteiger partial charge in [-0.2, -0.15) is 0 Å². The fourth-order valence-electron chi connectivity index (χ4n) is 3.63. The molecule has 0 atom stereocenters. The molecule has 2 aromatic rings. The first-order valence-electron chi connectivity index (χ1n) is 8.37. The van der Waals surface area contributed by atoms with Crippen LogP contribution in [0, 0.1) is 13.8 Å². The van der Waals surface area contributed by atoms with E-state index in [-0.39, 0.29) is 5.91 Å². The summed E-state index contributed by atoms with van der Waals surface area (Å²) in [4.78, 5) is 16.9. The molecule has 0 saturated carbocycles. The van der Waals surface area contributed by atoms with Crippen LogP contribution in [0.5, 0.6) is 0 Å². The van der Waals surface area contributed by atoms with Gasteiger partial charge in [0, 0.05) is 24.0 Å². The number of hydrogen-bond acceptors (Lipinski definition) is 3. The van der Waals surface area contributed by atoms with Gasteiger partial charge in [-0.15, -0.1) is 0 Å². The number of piperidine rings is 1. The zero-order valence-corrected chi connectivity index (χ0v) is 14.6. The summed E-state index contributed by atoms with van der Waals surface area (Å²) >= 11 is 0. The standard InChI is InChI=1S/C19H26N2O2/c1-13-9-14(2)19-15(12-23-17(19)10-13)11-18(22)21(4)16-5-7-20(3)8-6-16/h9-10,12,16H,5-8,11H2,1-4H3. The largest absolute Gasteiger partial charge is 0.464 e. The third kappa shape index (κ3) is 3.27. The monoisotopic (exact) mass is 314 g/mol. The van der Waals surface area contributed by atoms with E-state index in [0.717, 1.165) is 42.5 Å². The van der Waals surface area contributed by atoms with Crippen LogP contribution in [-0.2, 0) is 11.2 Å². The van der Waals surface area contributed by atoms with Crippen molar-refractivity contribution in [3.8, 4) is 0 Å². The third-order valence-electron chi connectivity index (χ3n) is 5.06. The Hall–Kier alpha value is -1.81. The maximum atomic E-state index is 12.7. The number of carbonyl (C=O) groups is 1. The molecule has 0 bridgehead atoms. The first-order valence-corrected chi connectivity index (χ1v) is 8.37. The van der Waals surface area contributed by atoms with E-state index in [0.29, 0.717) is 12.5 Å². The van der Waals surface area contributed by atoms with Gasteiger partial charge in [-0.1, -0.05) is 6.07 Å². The number of fused-ring (bicyclic) bond motifs is 1. The number of aryl methyl sites for hydroxylation is 2. The SMILES string of the molecule is Cc1cc(C)c2c(CC(=O)N(C)C3CCN(C)CC3)coc2c1. The number of furan rings is 1. The molecular weight excluding hydrogens is 288 g/mol. The van der Waals surface area contributed by atoms with Gasteiger partial charge in [-0.3, -0.25) is 4.79 Å². The van der Waals surface area contributed by atoms with Gasteiger partial charge >= 0.3 is 0 Å². The van der Waals surface area contributed by atoms with Crippen LogP contribution in [0.15, 0.2) is 22.8 Å². The lowest BCUT2D eigenvalue weighted by Crippen LogP contribution is -2.44. The number of nitrogens with zero attached hydrogens (tertiary/aromatic N) is 2. The summed E-state index contributed by atoms with van der Waals surface area (Å²) in [6, 6.07) is 4.55. The van der Waals surface area contributed by atoms with Gasteiger partial charge in [0.15, 0.2) is 0 Å². The molecule has 2 heterocycles. The van der Waals surface area contributed by atoms with Crippen molar-refractivity contribution in [2.24, 2.45) is 0 Å². The molecular formula is C19H26N2O2. The highest BCUT2D eigenvalue weighted by Gasteiger charge is 2.24. The summed E-state index contributed by atoms with van der Waals surface area (Å²) in [7, 11) is 4.08. The predicted octanol–water partition coefficient (Wildman–Crippen LogP) is 3.14. The van der Waals surface area contributed by atoms with Crippen molar-refractivity contribution < 1.29 is 9.21 Å². The molecule has 23 heavy (non-hydrogen) atoms. The fraction of sp³-hybridized carbons (Fsp3) is 0.526. The molecule has 124 valence electrons. The van der Waals surface area contributed by atoms with Crippen molar-refractivity contribution in [1.82, 2.24) is 9.80 Å². The van der Waals surface area contributed by atoms with Crippen LogP contribution in [0.4, 0.5) is 0 Å². The summed E-state index contributed by atoms with van der Waals surface area (Å²) in [5.41, 5.74) is 4.25. The molecule has 0 radical (unpaired) electrons. The van der Waals surface area contributed by atoms with Crippen LogP contribution in [0.3, 0.4) is 0 Å². The van der Waals surface area contributed by atoms with Crippen molar-refractivity contribution in [3.05, 3.63) is 35.1 Å². The molecule has 1 fully saturated rings. The lowest BCUT2D eigenvalue weighted by molar-refractivity contribution is -0.132. The van der Waals surface area contributed by atoms with E-state index >= 15 is 0 Å². The Labute approximate surface area is 138 Å². The molecule has 4 heteroatoms. The van der Waals surface area contributed by atoms with Crippen LogP contribution >= 0.6 is 0 Å². The first kappa shape index (κ1) is 16.1. The topological polar surface area (TPSA) is 36.7 Å². The van der Waals surface area contributed by atoms with Crippen molar-refractivity contribution in [2.75, 3.05) is 27.2 Å². The highest BCUT2D eigenvalue weighted by molar-refractivity contribution is 5.90. The minimum absolute atomic E-state index is 0.183. The Balaban J connectivity index is 1.75. The van der Waals surface area contributed by atoms with Crippen LogP contribution < -0.4 is 0 Å². The Bertz CT molecular complexity index is 711. The van der Waals surface area contributed by atoms with Gasteiger partial charge in [-0.25, -0.2) is 0 Å². The van der Waals surface area contributed by atoms with E-state index in [1.165, 1.54) is 11.1 Å². The Kier molecular flexibility index (Phi) is 4.44. The molecule has 1 aromatic heterocycles. The number of rotatable bonds is 3. The number of benzene rings is 1. The maximum Gasteiger partial charge on any atom is 0.227 e. The van der Waals surface area contributed by atoms with Crippen LogP contribution in [0.25, 0.3) is 11.0 Å². The summed E-state index contributed by atoms with van der Waals surface area (Å²) in [5, 5.41) is 1.10. The number of hydrogen-bond donors (Lipinski definition) is 0. The van der Waals surface area contributed by atoms with Crippen LogP contribution in [0.2, 0.25) is 0 Å². The molecule has 4 nitrogen and oxygen atoms in total. The average molecular weight is 314 g/mol. The fourth-order valence-corrected chi connectivity index (χ4v) is 3.63. The summed E-state index contributed by atoms with van der Waals surface area (Å²) in [5.74, 6) is 0.183. The lowest BCUT2D eigenvalue weighted by atomic mass is 10.0. The van der Waals surface area contributed by atoms with E-state index in [4.69, 9.17) is 4.42 Å². The average Bonchev–Trinajstić information content (AvgIpc) is 2.90. The summed E-state index contributed by atoms with van der Waals surface area (Å²) < 4.78 is 5.67. The van der Waals surface area contributed by atoms with Gasteiger partial charge in [0.25, 0.3) is 0 Å². The molecule has 3 rings (SSSR count). The van der Waals surface area contributed by atoms with Gasteiger partial charge in [0.1, 0.15) is 5.58 Å². The van der Waals surface area contributed by atoms with Crippen molar-refractivity contribution >= 4 is 16.9 Å². The minimum atomic E-state index is 0.183. The molecule has 0 aliphatic carbocycles. The summed E-state index contributed by atoms with van der Waals surface area (Å²) in [6.07, 6.45) is 4.28. The second-order valence-electron chi connectivity index (χ2n) is 6.93. The second-order valence-corrected chi connectivity index (χ2v) is 6.93. The highest BCUT2D eigenvalue weighted by atomic mass is 16.3. The molecule has 0 spiro atoms. The van der Waals surface area contributed by atoms with Crippen LogP contribution in [-0.4, -0.2) is 48.9 Å². The molecule has 1 saturated heterocycles. The van der Waals surface area contributed by atoms with Gasteiger partial charge < -0.3 is 14.2 Å². The predicted molar refractivity (Wildman–Crippen MR) is 92.7 cm³/mol. The van der Waals surface area contributed by atoms with E-state index in [1.807, 2.05) is 18.0 Å². The Morgan fingerprint density at radius 2 is 2.00 bits per heavy atom. The number of amides is 1. The van der Waals surface area contributed by atoms with Crippen molar-refractivity contribution in [1.29, 1.82) is 0 Å². The number of likely N-dealkylation sites (tertiary alicyclic amines) is 1. The zero-order chi connectivity index (χ0) is 16.6. The van der Waals surface area contributed by atoms with Crippen LogP contribution in [0.1, 0.15) is 29.5 Å².